The first-order chi connectivity index (χ1) is 12.4. The lowest BCUT2D eigenvalue weighted by Crippen LogP contribution is -2.37. The van der Waals surface area contributed by atoms with Gasteiger partial charge in [-0.2, -0.15) is 0 Å². The van der Waals surface area contributed by atoms with Gasteiger partial charge >= 0.3 is 0 Å². The van der Waals surface area contributed by atoms with Gasteiger partial charge in [-0.05, 0) is 24.3 Å². The number of nitrogens with one attached hydrogen (secondary N) is 1. The van der Waals surface area contributed by atoms with E-state index in [-0.39, 0.29) is 34.4 Å². The topological polar surface area (TPSA) is 75.2 Å². The van der Waals surface area contributed by atoms with E-state index in [4.69, 9.17) is 11.6 Å². The number of likely N-dealkylation sites (N-methyl/N-ethyl adjacent to an activating group) is 1. The van der Waals surface area contributed by atoms with Crippen molar-refractivity contribution in [1.82, 2.24) is 14.7 Å². The molecular formula is C18H15ClFN3O3. The van der Waals surface area contributed by atoms with Crippen molar-refractivity contribution in [2.45, 2.75) is 13.1 Å². The first-order valence-electron chi connectivity index (χ1n) is 7.77. The minimum atomic E-state index is -0.520. The number of aromatic amines is 1. The van der Waals surface area contributed by atoms with Gasteiger partial charge in [0.25, 0.3) is 11.1 Å². The Hall–Kier alpha value is -2.93. The molecule has 3 rings (SSSR count). The molecule has 0 atom stereocenters. The highest BCUT2D eigenvalue weighted by atomic mass is 35.5. The Bertz CT molecular complexity index is 1090. The molecule has 0 aliphatic heterocycles. The number of H-pyrrole nitrogens is 1. The maximum atomic E-state index is 13.9. The van der Waals surface area contributed by atoms with E-state index in [9.17, 15) is 18.8 Å². The maximum absolute atomic E-state index is 13.9. The summed E-state index contributed by atoms with van der Waals surface area (Å²) in [7, 11) is 1.47. The van der Waals surface area contributed by atoms with Gasteiger partial charge in [0, 0.05) is 24.2 Å². The van der Waals surface area contributed by atoms with Gasteiger partial charge in [-0.15, -0.1) is 0 Å². The molecule has 0 aliphatic carbocycles. The molecule has 3 aromatic rings. The molecule has 1 N–H and O–H groups in total. The quantitative estimate of drug-likeness (QED) is 0.759. The summed E-state index contributed by atoms with van der Waals surface area (Å²) in [5.41, 5.74) is -0.761. The standard InChI is InChI=1S/C18H15ClFN3O3/c1-22(9-13-14(19)7-4-8-15(13)20)16(24)10-23-18(26)12-6-3-2-5-11(12)17(25)21-23/h2-8H,9-10H2,1H3,(H,21,25). The maximum Gasteiger partial charge on any atom is 0.273 e. The number of aromatic nitrogens is 2. The number of hydrogen-bond acceptors (Lipinski definition) is 3. The summed E-state index contributed by atoms with van der Waals surface area (Å²) >= 11 is 5.97. The van der Waals surface area contributed by atoms with Crippen LogP contribution in [0.4, 0.5) is 4.39 Å². The summed E-state index contributed by atoms with van der Waals surface area (Å²) in [5.74, 6) is -0.995. The SMILES string of the molecule is CN(Cc1c(F)cccc1Cl)C(=O)Cn1[nH]c(=O)c2ccccc2c1=O. The van der Waals surface area contributed by atoms with Crippen LogP contribution in [0.25, 0.3) is 10.8 Å². The Labute approximate surface area is 152 Å². The van der Waals surface area contributed by atoms with Crippen LogP contribution in [-0.2, 0) is 17.9 Å². The Morgan fingerprint density at radius 1 is 1.15 bits per heavy atom. The number of halogens is 2. The van der Waals surface area contributed by atoms with Crippen molar-refractivity contribution in [3.8, 4) is 0 Å². The third-order valence-corrected chi connectivity index (χ3v) is 4.41. The number of nitrogens with zero attached hydrogens (tertiary/aromatic N) is 2. The molecule has 6 nitrogen and oxygen atoms in total. The summed E-state index contributed by atoms with van der Waals surface area (Å²) < 4.78 is 14.8. The number of benzene rings is 2. The number of rotatable bonds is 4. The van der Waals surface area contributed by atoms with Crippen molar-refractivity contribution >= 4 is 28.3 Å². The van der Waals surface area contributed by atoms with Crippen molar-refractivity contribution in [2.75, 3.05) is 7.05 Å². The highest BCUT2D eigenvalue weighted by molar-refractivity contribution is 6.31. The van der Waals surface area contributed by atoms with Gasteiger partial charge in [0.15, 0.2) is 0 Å². The third-order valence-electron chi connectivity index (χ3n) is 4.06. The molecule has 134 valence electrons. The molecule has 0 saturated carbocycles. The molecule has 2 aromatic carbocycles. The van der Waals surface area contributed by atoms with Crippen molar-refractivity contribution in [2.24, 2.45) is 0 Å². The molecule has 26 heavy (non-hydrogen) atoms. The second-order valence-electron chi connectivity index (χ2n) is 5.83. The zero-order valence-corrected chi connectivity index (χ0v) is 14.6. The molecule has 0 bridgehead atoms. The smallest absolute Gasteiger partial charge is 0.273 e. The van der Waals surface area contributed by atoms with E-state index in [0.717, 1.165) is 4.68 Å². The molecule has 0 fully saturated rings. The van der Waals surface area contributed by atoms with Crippen LogP contribution in [0.1, 0.15) is 5.56 Å². The lowest BCUT2D eigenvalue weighted by Gasteiger charge is -2.19. The van der Waals surface area contributed by atoms with Gasteiger partial charge in [0.1, 0.15) is 12.4 Å². The average Bonchev–Trinajstić information content (AvgIpc) is 2.62. The number of carbonyl (C=O) groups excluding carboxylic acids is 1. The Morgan fingerprint density at radius 2 is 1.85 bits per heavy atom. The molecule has 1 amide bonds. The summed E-state index contributed by atoms with van der Waals surface area (Å²) in [6, 6.07) is 10.6. The minimum Gasteiger partial charge on any atom is -0.340 e. The van der Waals surface area contributed by atoms with Gasteiger partial charge in [-0.3, -0.25) is 19.5 Å². The van der Waals surface area contributed by atoms with E-state index in [1.54, 1.807) is 12.1 Å². The zero-order chi connectivity index (χ0) is 18.8. The summed E-state index contributed by atoms with van der Waals surface area (Å²) in [4.78, 5) is 38.2. The molecule has 0 radical (unpaired) electrons. The van der Waals surface area contributed by atoms with Crippen LogP contribution in [0, 0.1) is 5.82 Å². The molecular weight excluding hydrogens is 361 g/mol. The predicted octanol–water partition coefficient (Wildman–Crippen LogP) is 2.14. The second-order valence-corrected chi connectivity index (χ2v) is 6.24. The fraction of sp³-hybridized carbons (Fsp3) is 0.167. The van der Waals surface area contributed by atoms with E-state index >= 15 is 0 Å². The summed E-state index contributed by atoms with van der Waals surface area (Å²) in [6.07, 6.45) is 0. The lowest BCUT2D eigenvalue weighted by atomic mass is 10.2. The molecule has 0 unspecified atom stereocenters. The first kappa shape index (κ1) is 17.9. The monoisotopic (exact) mass is 375 g/mol. The molecule has 1 heterocycles. The summed E-state index contributed by atoms with van der Waals surface area (Å²) in [6.45, 7) is -0.432. The highest BCUT2D eigenvalue weighted by Gasteiger charge is 2.16. The Morgan fingerprint density at radius 3 is 2.54 bits per heavy atom. The van der Waals surface area contributed by atoms with Gasteiger partial charge in [-0.1, -0.05) is 29.8 Å². The van der Waals surface area contributed by atoms with Crippen LogP contribution in [0.5, 0.6) is 0 Å². The Balaban J connectivity index is 1.86. The molecule has 8 heteroatoms. The second kappa shape index (κ2) is 7.13. The van der Waals surface area contributed by atoms with E-state index in [1.807, 2.05) is 0 Å². The normalized spacial score (nSPS) is 10.9. The van der Waals surface area contributed by atoms with Crippen molar-refractivity contribution in [3.63, 3.8) is 0 Å². The van der Waals surface area contributed by atoms with Crippen LogP contribution in [0.15, 0.2) is 52.1 Å². The van der Waals surface area contributed by atoms with Crippen molar-refractivity contribution < 1.29 is 9.18 Å². The van der Waals surface area contributed by atoms with Crippen LogP contribution < -0.4 is 11.1 Å². The highest BCUT2D eigenvalue weighted by Crippen LogP contribution is 2.20. The van der Waals surface area contributed by atoms with Crippen LogP contribution in [0.3, 0.4) is 0 Å². The largest absolute Gasteiger partial charge is 0.340 e. The first-order valence-corrected chi connectivity index (χ1v) is 8.15. The van der Waals surface area contributed by atoms with E-state index < -0.39 is 22.8 Å². The molecule has 1 aromatic heterocycles. The van der Waals surface area contributed by atoms with Gasteiger partial charge < -0.3 is 4.90 Å². The van der Waals surface area contributed by atoms with Crippen LogP contribution in [0.2, 0.25) is 5.02 Å². The van der Waals surface area contributed by atoms with E-state index in [1.165, 1.54) is 42.3 Å². The predicted molar refractivity (Wildman–Crippen MR) is 96.7 cm³/mol. The van der Waals surface area contributed by atoms with Crippen molar-refractivity contribution in [3.05, 3.63) is 79.6 Å². The third kappa shape index (κ3) is 3.39. The van der Waals surface area contributed by atoms with E-state index in [2.05, 4.69) is 5.10 Å². The molecule has 0 aliphatic rings. The van der Waals surface area contributed by atoms with E-state index in [0.29, 0.717) is 0 Å². The van der Waals surface area contributed by atoms with Crippen LogP contribution >= 0.6 is 11.6 Å². The lowest BCUT2D eigenvalue weighted by molar-refractivity contribution is -0.131. The molecule has 0 spiro atoms. The van der Waals surface area contributed by atoms with Crippen LogP contribution in [-0.4, -0.2) is 27.6 Å². The Kier molecular flexibility index (Phi) is 4.90. The number of fused-ring (bicyclic) bond motifs is 1. The molecule has 0 saturated heterocycles. The minimum absolute atomic E-state index is 0.0586. The fourth-order valence-electron chi connectivity index (χ4n) is 2.62. The van der Waals surface area contributed by atoms with Gasteiger partial charge in [0.2, 0.25) is 5.91 Å². The number of carbonyl (C=O) groups is 1. The fourth-order valence-corrected chi connectivity index (χ4v) is 2.85. The van der Waals surface area contributed by atoms with Gasteiger partial charge in [-0.25, -0.2) is 9.07 Å². The van der Waals surface area contributed by atoms with Crippen molar-refractivity contribution in [1.29, 1.82) is 0 Å². The average molecular weight is 376 g/mol. The number of hydrogen-bond donors (Lipinski definition) is 1. The zero-order valence-electron chi connectivity index (χ0n) is 13.8. The number of amides is 1. The van der Waals surface area contributed by atoms with Gasteiger partial charge in [0.05, 0.1) is 10.8 Å². The summed E-state index contributed by atoms with van der Waals surface area (Å²) in [5, 5.41) is 3.08.